The number of hydroxylamine groups is 3. The van der Waals surface area contributed by atoms with E-state index in [1.165, 1.54) is 16.4 Å². The summed E-state index contributed by atoms with van der Waals surface area (Å²) in [7, 11) is 0. The van der Waals surface area contributed by atoms with E-state index in [2.05, 4.69) is 0 Å². The molecule has 0 aliphatic carbocycles. The number of rotatable bonds is 3. The first-order valence-electron chi connectivity index (χ1n) is 1.54. The zero-order valence-electron chi connectivity index (χ0n) is 3.42. The Bertz CT molecular complexity index is 31.7. The summed E-state index contributed by atoms with van der Waals surface area (Å²) in [5.41, 5.74) is 4.44. The summed E-state index contributed by atoms with van der Waals surface area (Å²) in [5, 5.41) is 23.5. The Morgan fingerprint density at radius 3 is 1.14 bits per heavy atom. The van der Waals surface area contributed by atoms with Gasteiger partial charge in [-0.15, -0.1) is 0 Å². The maximum atomic E-state index is 7.83. The lowest BCUT2D eigenvalue weighted by molar-refractivity contribution is -0.0491. The van der Waals surface area contributed by atoms with Crippen molar-refractivity contribution in [1.82, 2.24) is 16.4 Å². The van der Waals surface area contributed by atoms with Crippen molar-refractivity contribution >= 4 is 0 Å². The highest BCUT2D eigenvalue weighted by Gasteiger charge is 1.96. The van der Waals surface area contributed by atoms with Crippen molar-refractivity contribution in [3.8, 4) is 0 Å². The molecule has 7 heavy (non-hydrogen) atoms. The SMILES string of the molecule is ONC(NO)NO. The van der Waals surface area contributed by atoms with E-state index in [9.17, 15) is 0 Å². The highest BCUT2D eigenvalue weighted by atomic mass is 16.5. The Morgan fingerprint density at radius 2 is 1.14 bits per heavy atom. The van der Waals surface area contributed by atoms with Crippen LogP contribution in [0.25, 0.3) is 0 Å². The predicted molar refractivity (Wildman–Crippen MR) is 18.6 cm³/mol. The van der Waals surface area contributed by atoms with Gasteiger partial charge in [0.25, 0.3) is 0 Å². The minimum Gasteiger partial charge on any atom is -0.314 e. The lowest BCUT2D eigenvalue weighted by Crippen LogP contribution is -2.48. The van der Waals surface area contributed by atoms with Gasteiger partial charge in [0.05, 0.1) is 0 Å². The Balaban J connectivity index is 2.99. The second-order valence-electron chi connectivity index (χ2n) is 0.820. The highest BCUT2D eigenvalue weighted by molar-refractivity contribution is 4.33. The summed E-state index contributed by atoms with van der Waals surface area (Å²) in [6.07, 6.45) is -1.10. The van der Waals surface area contributed by atoms with Crippen LogP contribution >= 0.6 is 0 Å². The van der Waals surface area contributed by atoms with Gasteiger partial charge in [0.2, 0.25) is 0 Å². The summed E-state index contributed by atoms with van der Waals surface area (Å²) in [5.74, 6) is 0. The zero-order valence-corrected chi connectivity index (χ0v) is 3.42. The van der Waals surface area contributed by atoms with Crippen molar-refractivity contribution in [2.45, 2.75) is 6.29 Å². The van der Waals surface area contributed by atoms with Gasteiger partial charge >= 0.3 is 0 Å². The molecule has 0 bridgehead atoms. The number of hydrogen-bond acceptors (Lipinski definition) is 6. The molecule has 6 nitrogen and oxygen atoms in total. The lowest BCUT2D eigenvalue weighted by Gasteiger charge is -2.07. The van der Waals surface area contributed by atoms with E-state index >= 15 is 0 Å². The molecule has 0 amide bonds. The predicted octanol–water partition coefficient (Wildman–Crippen LogP) is -1.79. The second-order valence-corrected chi connectivity index (χ2v) is 0.820. The fourth-order valence-corrected chi connectivity index (χ4v) is 0.0866. The molecule has 0 heterocycles. The van der Waals surface area contributed by atoms with Gasteiger partial charge in [-0.3, -0.25) is 0 Å². The van der Waals surface area contributed by atoms with Crippen molar-refractivity contribution in [2.75, 3.05) is 0 Å². The molecular formula is CH7N3O3. The monoisotopic (exact) mass is 109 g/mol. The standard InChI is InChI=1S/CH7N3O3/c5-2-1(3-6)4-7/h1-7H. The molecule has 0 aromatic carbocycles. The minimum atomic E-state index is -1.10. The van der Waals surface area contributed by atoms with Crippen LogP contribution in [-0.4, -0.2) is 21.9 Å². The Labute approximate surface area is 39.6 Å². The van der Waals surface area contributed by atoms with E-state index in [1.54, 1.807) is 0 Å². The van der Waals surface area contributed by atoms with E-state index < -0.39 is 6.29 Å². The van der Waals surface area contributed by atoms with E-state index in [-0.39, 0.29) is 0 Å². The average Bonchev–Trinajstić information content (AvgIpc) is 1.72. The molecule has 0 rings (SSSR count). The quantitative estimate of drug-likeness (QED) is 0.189. The van der Waals surface area contributed by atoms with Crippen LogP contribution in [0.3, 0.4) is 0 Å². The molecule has 0 aromatic rings. The van der Waals surface area contributed by atoms with Gasteiger partial charge in [0, 0.05) is 0 Å². The summed E-state index contributed by atoms with van der Waals surface area (Å²) >= 11 is 0. The smallest absolute Gasteiger partial charge is 0.177 e. The van der Waals surface area contributed by atoms with Gasteiger partial charge in [-0.05, 0) is 0 Å². The summed E-state index contributed by atoms with van der Waals surface area (Å²) in [4.78, 5) is 0. The van der Waals surface area contributed by atoms with Crippen molar-refractivity contribution in [3.05, 3.63) is 0 Å². The van der Waals surface area contributed by atoms with Crippen LogP contribution in [0.4, 0.5) is 0 Å². The molecule has 0 radical (unpaired) electrons. The van der Waals surface area contributed by atoms with Gasteiger partial charge in [-0.25, -0.2) is 0 Å². The van der Waals surface area contributed by atoms with Crippen LogP contribution in [0.1, 0.15) is 0 Å². The van der Waals surface area contributed by atoms with Crippen LogP contribution < -0.4 is 16.4 Å². The molecule has 0 unspecified atom stereocenters. The third kappa shape index (κ3) is 2.45. The topological polar surface area (TPSA) is 96.8 Å². The first kappa shape index (κ1) is 6.76. The van der Waals surface area contributed by atoms with Gasteiger partial charge in [0.15, 0.2) is 6.29 Å². The minimum absolute atomic E-state index is 1.10. The zero-order chi connectivity index (χ0) is 5.70. The molecule has 0 aliphatic rings. The molecule has 6 heteroatoms. The molecule has 6 N–H and O–H groups in total. The fraction of sp³-hybridized carbons (Fsp3) is 1.00. The average molecular weight is 109 g/mol. The van der Waals surface area contributed by atoms with Crippen molar-refractivity contribution in [3.63, 3.8) is 0 Å². The van der Waals surface area contributed by atoms with Crippen molar-refractivity contribution in [2.24, 2.45) is 0 Å². The first-order chi connectivity index (χ1) is 3.35. The Hall–Kier alpha value is -0.240. The number of nitrogens with one attached hydrogen (secondary N) is 3. The second kappa shape index (κ2) is 3.93. The Morgan fingerprint density at radius 1 is 0.857 bits per heavy atom. The van der Waals surface area contributed by atoms with Gasteiger partial charge in [-0.1, -0.05) is 0 Å². The summed E-state index contributed by atoms with van der Waals surface area (Å²) in [6.45, 7) is 0. The molecule has 0 spiro atoms. The highest BCUT2D eigenvalue weighted by Crippen LogP contribution is 1.55. The molecular weight excluding hydrogens is 102 g/mol. The van der Waals surface area contributed by atoms with Crippen LogP contribution in [0.15, 0.2) is 0 Å². The molecule has 0 fully saturated rings. The largest absolute Gasteiger partial charge is 0.314 e. The van der Waals surface area contributed by atoms with Crippen LogP contribution in [0.5, 0.6) is 0 Å². The van der Waals surface area contributed by atoms with Crippen LogP contribution in [-0.2, 0) is 0 Å². The van der Waals surface area contributed by atoms with Gasteiger partial charge < -0.3 is 15.6 Å². The lowest BCUT2D eigenvalue weighted by atomic mass is 11.0. The van der Waals surface area contributed by atoms with Crippen LogP contribution in [0.2, 0.25) is 0 Å². The molecule has 0 saturated carbocycles. The van der Waals surface area contributed by atoms with Gasteiger partial charge in [0.1, 0.15) is 0 Å². The van der Waals surface area contributed by atoms with E-state index in [0.717, 1.165) is 0 Å². The molecule has 0 aliphatic heterocycles. The first-order valence-corrected chi connectivity index (χ1v) is 1.54. The molecule has 44 valence electrons. The number of hydrogen-bond donors (Lipinski definition) is 6. The molecule has 0 saturated heterocycles. The summed E-state index contributed by atoms with van der Waals surface area (Å²) in [6, 6.07) is 0. The normalized spacial score (nSPS) is 10.3. The third-order valence-corrected chi connectivity index (χ3v) is 0.387. The molecule has 0 aromatic heterocycles. The maximum absolute atomic E-state index is 7.83. The van der Waals surface area contributed by atoms with E-state index in [4.69, 9.17) is 15.6 Å². The molecule has 0 atom stereocenters. The van der Waals surface area contributed by atoms with Crippen molar-refractivity contribution < 1.29 is 15.6 Å². The van der Waals surface area contributed by atoms with Crippen LogP contribution in [0, 0.1) is 0 Å². The fourth-order valence-electron chi connectivity index (χ4n) is 0.0866. The summed E-state index contributed by atoms with van der Waals surface area (Å²) < 4.78 is 0. The third-order valence-electron chi connectivity index (χ3n) is 0.387. The maximum Gasteiger partial charge on any atom is 0.177 e. The van der Waals surface area contributed by atoms with E-state index in [1.807, 2.05) is 0 Å². The van der Waals surface area contributed by atoms with Crippen molar-refractivity contribution in [1.29, 1.82) is 0 Å². The Kier molecular flexibility index (Phi) is 3.80. The van der Waals surface area contributed by atoms with E-state index in [0.29, 0.717) is 0 Å². The van der Waals surface area contributed by atoms with Gasteiger partial charge in [-0.2, -0.15) is 16.4 Å².